The average molecular weight is 416 g/mol. The maximum atomic E-state index is 9.99. The number of rotatable bonds is 19. The Morgan fingerprint density at radius 2 is 1.24 bits per heavy atom. The zero-order valence-electron chi connectivity index (χ0n) is 18.5. The quantitative estimate of drug-likeness (QED) is 0.168. The minimum absolute atomic E-state index is 0.0231. The van der Waals surface area contributed by atoms with Crippen molar-refractivity contribution in [3.8, 4) is 0 Å². The monoisotopic (exact) mass is 415 g/mol. The van der Waals surface area contributed by atoms with Crippen LogP contribution >= 0.6 is 0 Å². The van der Waals surface area contributed by atoms with E-state index in [0.717, 1.165) is 6.42 Å². The predicted molar refractivity (Wildman–Crippen MR) is 119 cm³/mol. The number of unbranched alkanes of at least 4 members (excludes halogenated alkanes) is 12. The van der Waals surface area contributed by atoms with E-state index in [2.05, 4.69) is 19.1 Å². The Bertz CT molecular complexity index is 399. The third kappa shape index (κ3) is 28.9. The van der Waals surface area contributed by atoms with E-state index >= 15 is 0 Å². The maximum absolute atomic E-state index is 9.99. The number of nitrogens with two attached hydrogens (primary N) is 1. The van der Waals surface area contributed by atoms with Crippen molar-refractivity contribution in [3.63, 3.8) is 0 Å². The summed E-state index contributed by atoms with van der Waals surface area (Å²) in [6.45, 7) is 2.64. The molecule has 29 heavy (non-hydrogen) atoms. The molecule has 5 N–H and O–H groups in total. The molecule has 0 saturated carbocycles. The van der Waals surface area contributed by atoms with Gasteiger partial charge in [0.2, 0.25) is 0 Å². The van der Waals surface area contributed by atoms with Crippen molar-refractivity contribution >= 4 is 11.9 Å². The Morgan fingerprint density at radius 3 is 1.66 bits per heavy atom. The van der Waals surface area contributed by atoms with Crippen molar-refractivity contribution in [3.05, 3.63) is 12.2 Å². The van der Waals surface area contributed by atoms with Crippen molar-refractivity contribution in [2.75, 3.05) is 6.61 Å². The summed E-state index contributed by atoms with van der Waals surface area (Å²) in [6.07, 6.45) is 23.0. The van der Waals surface area contributed by atoms with Crippen LogP contribution in [-0.4, -0.2) is 39.9 Å². The first-order chi connectivity index (χ1) is 14.0. The third-order valence-electron chi connectivity index (χ3n) is 4.66. The van der Waals surface area contributed by atoms with Gasteiger partial charge in [0.05, 0.1) is 0 Å². The highest BCUT2D eigenvalue weighted by atomic mass is 16.4. The Kier molecular flexibility index (Phi) is 25.3. The molecule has 0 rings (SSSR count). The number of aliphatic hydroxyl groups excluding tert-OH is 1. The minimum atomic E-state index is -1.17. The fourth-order valence-electron chi connectivity index (χ4n) is 2.76. The van der Waals surface area contributed by atoms with Gasteiger partial charge < -0.3 is 21.1 Å². The molecule has 0 fully saturated rings. The van der Waals surface area contributed by atoms with Crippen LogP contribution in [0.25, 0.3) is 0 Å². The lowest BCUT2D eigenvalue weighted by Gasteiger charge is -2.01. The zero-order valence-corrected chi connectivity index (χ0v) is 18.5. The van der Waals surface area contributed by atoms with Crippen LogP contribution in [0.2, 0.25) is 0 Å². The molecule has 0 aliphatic rings. The molecule has 0 aliphatic carbocycles. The maximum Gasteiger partial charge on any atom is 0.320 e. The largest absolute Gasteiger partial charge is 0.481 e. The zero-order chi connectivity index (χ0) is 22.2. The van der Waals surface area contributed by atoms with Gasteiger partial charge in [0.15, 0.2) is 0 Å². The van der Waals surface area contributed by atoms with Crippen LogP contribution in [0, 0.1) is 0 Å². The van der Waals surface area contributed by atoms with Gasteiger partial charge in [-0.15, -0.1) is 0 Å². The van der Waals surface area contributed by atoms with E-state index in [4.69, 9.17) is 21.1 Å². The van der Waals surface area contributed by atoms with Crippen LogP contribution in [0.5, 0.6) is 0 Å². The first-order valence-corrected chi connectivity index (χ1v) is 11.4. The van der Waals surface area contributed by atoms with Gasteiger partial charge in [-0.1, -0.05) is 76.9 Å². The van der Waals surface area contributed by atoms with Gasteiger partial charge in [0.1, 0.15) is 6.04 Å². The Morgan fingerprint density at radius 1 is 0.793 bits per heavy atom. The standard InChI is InChI=1S/C18H36O.C5H9NO4/c1-2-3-4-5-6-7-8-9-10-11-12-13-14-15-16-17-18-19;6-3(5(9)10)1-2-4(7)8/h9-10,19H,2-8,11-18H2,1H3;3H,1-2,6H2,(H,7,8)(H,9,10)/b10-9-;. The second kappa shape index (κ2) is 24.6. The summed E-state index contributed by atoms with van der Waals surface area (Å²) >= 11 is 0. The van der Waals surface area contributed by atoms with Gasteiger partial charge >= 0.3 is 11.9 Å². The first kappa shape index (κ1) is 29.8. The van der Waals surface area contributed by atoms with Crippen molar-refractivity contribution in [1.82, 2.24) is 0 Å². The fraction of sp³-hybridized carbons (Fsp3) is 0.826. The number of carbonyl (C=O) groups is 2. The summed E-state index contributed by atoms with van der Waals surface area (Å²) in [5, 5.41) is 24.9. The van der Waals surface area contributed by atoms with Crippen LogP contribution in [0.1, 0.15) is 110 Å². The SMILES string of the molecule is CCCCCCCC/C=C\CCCCCCCCO.NC(CCC(=O)O)C(=O)O. The van der Waals surface area contributed by atoms with E-state index in [1.54, 1.807) is 0 Å². The molecule has 0 spiro atoms. The van der Waals surface area contributed by atoms with Crippen molar-refractivity contribution in [1.29, 1.82) is 0 Å². The van der Waals surface area contributed by atoms with E-state index in [1.165, 1.54) is 83.5 Å². The molecule has 0 saturated heterocycles. The molecular formula is C23H45NO5. The van der Waals surface area contributed by atoms with Gasteiger partial charge in [0.25, 0.3) is 0 Å². The predicted octanol–water partition coefficient (Wildman–Crippen LogP) is 5.28. The normalized spacial score (nSPS) is 11.8. The van der Waals surface area contributed by atoms with E-state index in [-0.39, 0.29) is 12.8 Å². The summed E-state index contributed by atoms with van der Waals surface area (Å²) in [6, 6.07) is -1.06. The average Bonchev–Trinajstić information content (AvgIpc) is 2.69. The molecule has 0 bridgehead atoms. The smallest absolute Gasteiger partial charge is 0.320 e. The first-order valence-electron chi connectivity index (χ1n) is 11.4. The number of aliphatic carboxylic acids is 2. The third-order valence-corrected chi connectivity index (χ3v) is 4.66. The van der Waals surface area contributed by atoms with E-state index < -0.39 is 18.0 Å². The number of carboxylic acids is 2. The molecule has 0 aromatic rings. The summed E-state index contributed by atoms with van der Waals surface area (Å²) in [5.74, 6) is -2.20. The number of aliphatic hydroxyl groups is 1. The van der Waals surface area contributed by atoms with Gasteiger partial charge in [0, 0.05) is 13.0 Å². The molecule has 6 heteroatoms. The highest BCUT2D eigenvalue weighted by Crippen LogP contribution is 2.09. The summed E-state index contributed by atoms with van der Waals surface area (Å²) in [7, 11) is 0. The van der Waals surface area contributed by atoms with Gasteiger partial charge in [-0.2, -0.15) is 0 Å². The highest BCUT2D eigenvalue weighted by Gasteiger charge is 2.12. The topological polar surface area (TPSA) is 121 Å². The molecule has 0 heterocycles. The lowest BCUT2D eigenvalue weighted by molar-refractivity contribution is -0.139. The molecule has 0 radical (unpaired) electrons. The van der Waals surface area contributed by atoms with Gasteiger partial charge in [-0.3, -0.25) is 9.59 Å². The van der Waals surface area contributed by atoms with E-state index in [0.29, 0.717) is 6.61 Å². The molecule has 6 nitrogen and oxygen atoms in total. The van der Waals surface area contributed by atoms with E-state index in [9.17, 15) is 9.59 Å². The fourth-order valence-corrected chi connectivity index (χ4v) is 2.76. The Labute approximate surface area is 177 Å². The van der Waals surface area contributed by atoms with Crippen molar-refractivity contribution < 1.29 is 24.9 Å². The lowest BCUT2D eigenvalue weighted by atomic mass is 10.1. The van der Waals surface area contributed by atoms with Crippen LogP contribution in [-0.2, 0) is 9.59 Å². The number of hydrogen-bond donors (Lipinski definition) is 4. The molecule has 0 aliphatic heterocycles. The van der Waals surface area contributed by atoms with Gasteiger partial charge in [-0.05, 0) is 38.5 Å². The highest BCUT2D eigenvalue weighted by molar-refractivity contribution is 5.74. The Balaban J connectivity index is 0. The molecule has 0 aromatic heterocycles. The van der Waals surface area contributed by atoms with Crippen LogP contribution in [0.3, 0.4) is 0 Å². The van der Waals surface area contributed by atoms with Crippen molar-refractivity contribution in [2.45, 2.75) is 116 Å². The molecule has 1 unspecified atom stereocenters. The van der Waals surface area contributed by atoms with E-state index in [1.807, 2.05) is 0 Å². The number of hydrogen-bond acceptors (Lipinski definition) is 4. The Hall–Kier alpha value is -1.40. The lowest BCUT2D eigenvalue weighted by Crippen LogP contribution is -2.30. The number of carboxylic acid groups (broad SMARTS) is 2. The van der Waals surface area contributed by atoms with Crippen LogP contribution < -0.4 is 5.73 Å². The molecular weight excluding hydrogens is 370 g/mol. The van der Waals surface area contributed by atoms with Gasteiger partial charge in [-0.25, -0.2) is 0 Å². The second-order valence-electron chi connectivity index (χ2n) is 7.54. The number of allylic oxidation sites excluding steroid dienone is 2. The molecule has 0 amide bonds. The molecule has 172 valence electrons. The second-order valence-corrected chi connectivity index (χ2v) is 7.54. The summed E-state index contributed by atoms with van der Waals surface area (Å²) in [5.41, 5.74) is 5.00. The van der Waals surface area contributed by atoms with Crippen molar-refractivity contribution in [2.24, 2.45) is 5.73 Å². The van der Waals surface area contributed by atoms with Crippen LogP contribution in [0.4, 0.5) is 0 Å². The summed E-state index contributed by atoms with van der Waals surface area (Å²) in [4.78, 5) is 19.9. The molecule has 1 atom stereocenters. The van der Waals surface area contributed by atoms with Crippen LogP contribution in [0.15, 0.2) is 12.2 Å². The minimum Gasteiger partial charge on any atom is -0.481 e. The molecule has 0 aromatic carbocycles. The summed E-state index contributed by atoms with van der Waals surface area (Å²) < 4.78 is 0.